The molecule has 2 aromatic rings. The van der Waals surface area contributed by atoms with Crippen LogP contribution in [0.25, 0.3) is 0 Å². The third-order valence-electron chi connectivity index (χ3n) is 2.57. The van der Waals surface area contributed by atoms with Crippen LogP contribution in [0.2, 0.25) is 0 Å². The monoisotopic (exact) mass is 292 g/mol. The maximum Gasteiger partial charge on any atom is 0.250 e. The summed E-state index contributed by atoms with van der Waals surface area (Å²) in [6.07, 6.45) is 1.76. The molecule has 1 unspecified atom stereocenters. The molecule has 0 amide bonds. The van der Waals surface area contributed by atoms with E-state index < -0.39 is 0 Å². The molecule has 2 rings (SSSR count). The lowest BCUT2D eigenvalue weighted by molar-refractivity contribution is 0.561. The molecule has 0 radical (unpaired) electrons. The Morgan fingerprint density at radius 2 is 1.88 bits per heavy atom. The second kappa shape index (κ2) is 5.29. The maximum absolute atomic E-state index is 11.6. The summed E-state index contributed by atoms with van der Waals surface area (Å²) in [5, 5.41) is 0. The van der Waals surface area contributed by atoms with E-state index in [4.69, 9.17) is 5.73 Å². The van der Waals surface area contributed by atoms with Crippen molar-refractivity contribution in [3.05, 3.63) is 69.1 Å². The molecule has 0 saturated carbocycles. The molecule has 1 atom stereocenters. The molecule has 0 aliphatic heterocycles. The predicted molar refractivity (Wildman–Crippen MR) is 71.8 cm³/mol. The zero-order valence-electron chi connectivity index (χ0n) is 9.21. The number of nitrogens with zero attached hydrogens (tertiary/aromatic N) is 1. The van der Waals surface area contributed by atoms with Crippen LogP contribution in [0.1, 0.15) is 11.6 Å². The smallest absolute Gasteiger partial charge is 0.250 e. The molecule has 17 heavy (non-hydrogen) atoms. The van der Waals surface area contributed by atoms with Gasteiger partial charge in [0.05, 0.1) is 0 Å². The minimum absolute atomic E-state index is 0.0421. The summed E-state index contributed by atoms with van der Waals surface area (Å²) in [5.41, 5.74) is 7.06. The predicted octanol–water partition coefficient (Wildman–Crippen LogP) is 2.31. The lowest BCUT2D eigenvalue weighted by Gasteiger charge is -2.13. The molecule has 88 valence electrons. The summed E-state index contributed by atoms with van der Waals surface area (Å²) in [6, 6.07) is 12.8. The van der Waals surface area contributed by atoms with Gasteiger partial charge in [-0.1, -0.05) is 30.3 Å². The van der Waals surface area contributed by atoms with Crippen LogP contribution in [0.15, 0.2) is 57.9 Å². The van der Waals surface area contributed by atoms with E-state index in [9.17, 15) is 4.79 Å². The highest BCUT2D eigenvalue weighted by Crippen LogP contribution is 2.12. The number of halogens is 1. The first-order valence-corrected chi connectivity index (χ1v) is 6.12. The van der Waals surface area contributed by atoms with Crippen LogP contribution in [0.5, 0.6) is 0 Å². The normalized spacial score (nSPS) is 12.4. The Hall–Kier alpha value is -1.39. The summed E-state index contributed by atoms with van der Waals surface area (Å²) >= 11 is 3.34. The number of aromatic nitrogens is 1. The molecule has 1 aromatic heterocycles. The topological polar surface area (TPSA) is 48.0 Å². The largest absolute Gasteiger partial charge is 0.322 e. The Balaban J connectivity index is 2.21. The number of nitrogens with two attached hydrogens (primary N) is 1. The molecule has 0 spiro atoms. The highest BCUT2D eigenvalue weighted by molar-refractivity contribution is 9.10. The molecule has 0 bridgehead atoms. The van der Waals surface area contributed by atoms with Gasteiger partial charge in [0.2, 0.25) is 0 Å². The van der Waals surface area contributed by atoms with Crippen LogP contribution < -0.4 is 11.3 Å². The van der Waals surface area contributed by atoms with Crippen LogP contribution in [-0.2, 0) is 6.54 Å². The Morgan fingerprint density at radius 1 is 1.18 bits per heavy atom. The average molecular weight is 293 g/mol. The first-order valence-electron chi connectivity index (χ1n) is 5.33. The molecular formula is C13H13BrN2O. The van der Waals surface area contributed by atoms with Gasteiger partial charge in [0.1, 0.15) is 0 Å². The Labute approximate surface area is 108 Å². The minimum atomic E-state index is -0.178. The van der Waals surface area contributed by atoms with E-state index in [-0.39, 0.29) is 11.6 Å². The Bertz CT molecular complexity index is 551. The molecule has 1 heterocycles. The average Bonchev–Trinajstić information content (AvgIpc) is 2.35. The summed E-state index contributed by atoms with van der Waals surface area (Å²) < 4.78 is 2.49. The summed E-state index contributed by atoms with van der Waals surface area (Å²) in [7, 11) is 0. The molecule has 0 saturated heterocycles. The fourth-order valence-corrected chi connectivity index (χ4v) is 2.04. The number of benzene rings is 1. The van der Waals surface area contributed by atoms with E-state index in [1.165, 1.54) is 6.07 Å². The molecule has 3 nitrogen and oxygen atoms in total. The van der Waals surface area contributed by atoms with Crippen molar-refractivity contribution >= 4 is 15.9 Å². The SMILES string of the molecule is NC(Cn1cc(Br)ccc1=O)c1ccccc1. The standard InChI is InChI=1S/C13H13BrN2O/c14-11-6-7-13(17)16(8-11)9-12(15)10-4-2-1-3-5-10/h1-8,12H,9,15H2. The zero-order chi connectivity index (χ0) is 12.3. The van der Waals surface area contributed by atoms with E-state index in [0.717, 1.165) is 10.0 Å². The van der Waals surface area contributed by atoms with Crippen LogP contribution in [0, 0.1) is 0 Å². The van der Waals surface area contributed by atoms with Crippen molar-refractivity contribution in [2.75, 3.05) is 0 Å². The highest BCUT2D eigenvalue weighted by Gasteiger charge is 2.07. The quantitative estimate of drug-likeness (QED) is 0.944. The third kappa shape index (κ3) is 3.05. The van der Waals surface area contributed by atoms with E-state index in [2.05, 4.69) is 15.9 Å². The number of pyridine rings is 1. The van der Waals surface area contributed by atoms with Crippen LogP contribution >= 0.6 is 15.9 Å². The van der Waals surface area contributed by atoms with Crippen molar-refractivity contribution in [3.8, 4) is 0 Å². The van der Waals surface area contributed by atoms with Gasteiger partial charge in [-0.15, -0.1) is 0 Å². The van der Waals surface area contributed by atoms with Crippen LogP contribution in [0.3, 0.4) is 0 Å². The van der Waals surface area contributed by atoms with Crippen molar-refractivity contribution < 1.29 is 0 Å². The zero-order valence-corrected chi connectivity index (χ0v) is 10.8. The molecule has 0 aliphatic rings. The van der Waals surface area contributed by atoms with Gasteiger partial charge in [-0.3, -0.25) is 4.79 Å². The fraction of sp³-hybridized carbons (Fsp3) is 0.154. The summed E-state index contributed by atoms with van der Waals surface area (Å²) in [4.78, 5) is 11.6. The Morgan fingerprint density at radius 3 is 2.59 bits per heavy atom. The highest BCUT2D eigenvalue weighted by atomic mass is 79.9. The van der Waals surface area contributed by atoms with Gasteiger partial charge >= 0.3 is 0 Å². The molecular weight excluding hydrogens is 280 g/mol. The van der Waals surface area contributed by atoms with Crippen molar-refractivity contribution in [2.45, 2.75) is 12.6 Å². The van der Waals surface area contributed by atoms with E-state index in [1.807, 2.05) is 30.3 Å². The lowest BCUT2D eigenvalue weighted by Crippen LogP contribution is -2.25. The van der Waals surface area contributed by atoms with Gasteiger partial charge < -0.3 is 10.3 Å². The Kier molecular flexibility index (Phi) is 3.76. The number of hydrogen-bond acceptors (Lipinski definition) is 2. The van der Waals surface area contributed by atoms with E-state index in [0.29, 0.717) is 6.54 Å². The maximum atomic E-state index is 11.6. The van der Waals surface area contributed by atoms with E-state index >= 15 is 0 Å². The van der Waals surface area contributed by atoms with Gasteiger partial charge in [0, 0.05) is 29.3 Å². The number of hydrogen-bond donors (Lipinski definition) is 1. The van der Waals surface area contributed by atoms with Crippen LogP contribution in [0.4, 0.5) is 0 Å². The minimum Gasteiger partial charge on any atom is -0.322 e. The van der Waals surface area contributed by atoms with Crippen molar-refractivity contribution in [1.82, 2.24) is 4.57 Å². The summed E-state index contributed by atoms with van der Waals surface area (Å²) in [5.74, 6) is 0. The van der Waals surface area contributed by atoms with Gasteiger partial charge in [-0.05, 0) is 27.6 Å². The second-order valence-electron chi connectivity index (χ2n) is 3.86. The molecule has 1 aromatic carbocycles. The first-order chi connectivity index (χ1) is 8.16. The molecule has 2 N–H and O–H groups in total. The van der Waals surface area contributed by atoms with Gasteiger partial charge in [0.15, 0.2) is 0 Å². The number of rotatable bonds is 3. The van der Waals surface area contributed by atoms with Crippen molar-refractivity contribution in [3.63, 3.8) is 0 Å². The van der Waals surface area contributed by atoms with Crippen molar-refractivity contribution in [1.29, 1.82) is 0 Å². The molecule has 0 aliphatic carbocycles. The lowest BCUT2D eigenvalue weighted by atomic mass is 10.1. The fourth-order valence-electron chi connectivity index (χ4n) is 1.66. The second-order valence-corrected chi connectivity index (χ2v) is 4.77. The summed E-state index contributed by atoms with van der Waals surface area (Å²) in [6.45, 7) is 0.474. The first kappa shape index (κ1) is 12.1. The molecule has 0 fully saturated rings. The van der Waals surface area contributed by atoms with Crippen molar-refractivity contribution in [2.24, 2.45) is 5.73 Å². The van der Waals surface area contributed by atoms with Gasteiger partial charge in [0.25, 0.3) is 5.56 Å². The van der Waals surface area contributed by atoms with Crippen LogP contribution in [-0.4, -0.2) is 4.57 Å². The third-order valence-corrected chi connectivity index (χ3v) is 3.04. The van der Waals surface area contributed by atoms with Gasteiger partial charge in [-0.25, -0.2) is 0 Å². The van der Waals surface area contributed by atoms with E-state index in [1.54, 1.807) is 16.8 Å². The molecule has 4 heteroatoms. The van der Waals surface area contributed by atoms with Gasteiger partial charge in [-0.2, -0.15) is 0 Å².